The number of amides is 3. The van der Waals surface area contributed by atoms with Gasteiger partial charge in [0, 0.05) is 42.8 Å². The zero-order valence-electron chi connectivity index (χ0n) is 16.5. The van der Waals surface area contributed by atoms with Gasteiger partial charge >= 0.3 is 0 Å². The molecule has 0 radical (unpaired) electrons. The number of rotatable bonds is 5. The van der Waals surface area contributed by atoms with E-state index in [1.165, 1.54) is 28.4 Å². The molecular weight excluding hydrogens is 407 g/mol. The van der Waals surface area contributed by atoms with Gasteiger partial charge < -0.3 is 15.5 Å². The summed E-state index contributed by atoms with van der Waals surface area (Å²) in [5.74, 6) is -1.09. The maximum absolute atomic E-state index is 13.5. The number of carbonyl (C=O) groups excluding carboxylic acids is 3. The Morgan fingerprint density at radius 3 is 2.77 bits per heavy atom. The molecular formula is C21H23FN4O3S. The summed E-state index contributed by atoms with van der Waals surface area (Å²) in [4.78, 5) is 45.4. The fourth-order valence-corrected chi connectivity index (χ4v) is 5.15. The van der Waals surface area contributed by atoms with Gasteiger partial charge in [0.2, 0.25) is 17.7 Å². The van der Waals surface area contributed by atoms with Gasteiger partial charge in [-0.05, 0) is 25.0 Å². The first-order valence-corrected chi connectivity index (χ1v) is 10.8. The van der Waals surface area contributed by atoms with E-state index in [1.807, 2.05) is 6.07 Å². The van der Waals surface area contributed by atoms with Gasteiger partial charge in [-0.15, -0.1) is 11.3 Å². The molecule has 1 aromatic carbocycles. The first-order valence-electron chi connectivity index (χ1n) is 10.0. The molecule has 2 N–H and O–H groups in total. The lowest BCUT2D eigenvalue weighted by molar-refractivity contribution is -0.140. The van der Waals surface area contributed by atoms with E-state index >= 15 is 0 Å². The number of hydrogen-bond acceptors (Lipinski definition) is 5. The predicted octanol–water partition coefficient (Wildman–Crippen LogP) is 2.09. The minimum absolute atomic E-state index is 0.0726. The first-order chi connectivity index (χ1) is 14.4. The third-order valence-electron chi connectivity index (χ3n) is 5.61. The quantitative estimate of drug-likeness (QED) is 0.786. The molecule has 0 spiro atoms. The monoisotopic (exact) mass is 430 g/mol. The lowest BCUT2D eigenvalue weighted by Crippen LogP contribution is -2.44. The van der Waals surface area contributed by atoms with Crippen molar-refractivity contribution in [1.82, 2.24) is 14.8 Å². The van der Waals surface area contributed by atoms with Gasteiger partial charge in [0.25, 0.3) is 0 Å². The van der Waals surface area contributed by atoms with E-state index in [0.717, 1.165) is 27.6 Å². The van der Waals surface area contributed by atoms with Gasteiger partial charge in [-0.3, -0.25) is 14.4 Å². The number of likely N-dealkylation sites (tertiary alicyclic amines) is 1. The average molecular weight is 431 g/mol. The molecule has 30 heavy (non-hydrogen) atoms. The predicted molar refractivity (Wildman–Crippen MR) is 110 cm³/mol. The van der Waals surface area contributed by atoms with Crippen molar-refractivity contribution in [1.29, 1.82) is 0 Å². The van der Waals surface area contributed by atoms with E-state index in [0.29, 0.717) is 32.5 Å². The lowest BCUT2D eigenvalue weighted by atomic mass is 10.1. The van der Waals surface area contributed by atoms with Gasteiger partial charge in [0.1, 0.15) is 16.9 Å². The summed E-state index contributed by atoms with van der Waals surface area (Å²) in [6, 6.07) is 5.77. The summed E-state index contributed by atoms with van der Waals surface area (Å²) >= 11 is 1.47. The summed E-state index contributed by atoms with van der Waals surface area (Å²) in [5.41, 5.74) is 7.04. The van der Waals surface area contributed by atoms with E-state index in [-0.39, 0.29) is 30.5 Å². The standard InChI is InChI=1S/C21H23FN4O3S/c22-14-4-1-3-13(11-14)21-24-15-8-10-25(12-17(15)30-21)18(27)6-7-19(28)26-9-2-5-16(26)20(23)29/h1,3-4,11,16H,2,5-10,12H2,(H2,23,29)/t16-/m1/s1. The second kappa shape index (κ2) is 8.51. The number of primary amides is 1. The highest BCUT2D eigenvalue weighted by atomic mass is 32.1. The molecule has 0 saturated carbocycles. The molecule has 1 fully saturated rings. The highest BCUT2D eigenvalue weighted by molar-refractivity contribution is 7.15. The molecule has 1 aromatic heterocycles. The molecule has 3 amide bonds. The lowest BCUT2D eigenvalue weighted by Gasteiger charge is -2.27. The molecule has 1 atom stereocenters. The number of benzene rings is 1. The minimum Gasteiger partial charge on any atom is -0.368 e. The smallest absolute Gasteiger partial charge is 0.240 e. The van der Waals surface area contributed by atoms with Crippen molar-refractivity contribution < 1.29 is 18.8 Å². The molecule has 7 nitrogen and oxygen atoms in total. The second-order valence-corrected chi connectivity index (χ2v) is 8.70. The van der Waals surface area contributed by atoms with Crippen molar-refractivity contribution in [3.63, 3.8) is 0 Å². The van der Waals surface area contributed by atoms with E-state index < -0.39 is 11.9 Å². The van der Waals surface area contributed by atoms with Crippen LogP contribution in [0.1, 0.15) is 36.3 Å². The summed E-state index contributed by atoms with van der Waals surface area (Å²) in [6.45, 7) is 1.50. The summed E-state index contributed by atoms with van der Waals surface area (Å²) in [7, 11) is 0. The van der Waals surface area contributed by atoms with Gasteiger partial charge in [-0.1, -0.05) is 12.1 Å². The van der Waals surface area contributed by atoms with E-state index in [1.54, 1.807) is 11.0 Å². The third-order valence-corrected chi connectivity index (χ3v) is 6.74. The number of nitrogens with two attached hydrogens (primary N) is 1. The highest BCUT2D eigenvalue weighted by Gasteiger charge is 2.33. The van der Waals surface area contributed by atoms with Crippen molar-refractivity contribution >= 4 is 29.1 Å². The van der Waals surface area contributed by atoms with Gasteiger partial charge in [-0.2, -0.15) is 0 Å². The number of hydrogen-bond donors (Lipinski definition) is 1. The van der Waals surface area contributed by atoms with Crippen LogP contribution in [0.2, 0.25) is 0 Å². The zero-order chi connectivity index (χ0) is 21.3. The van der Waals surface area contributed by atoms with Gasteiger partial charge in [0.05, 0.1) is 12.2 Å². The summed E-state index contributed by atoms with van der Waals surface area (Å²) in [5, 5.41) is 0.746. The Morgan fingerprint density at radius 1 is 1.20 bits per heavy atom. The average Bonchev–Trinajstić information content (AvgIpc) is 3.38. The van der Waals surface area contributed by atoms with Crippen molar-refractivity contribution in [2.75, 3.05) is 13.1 Å². The Kier molecular flexibility index (Phi) is 5.80. The maximum Gasteiger partial charge on any atom is 0.240 e. The Morgan fingerprint density at radius 2 is 2.00 bits per heavy atom. The fraction of sp³-hybridized carbons (Fsp3) is 0.429. The van der Waals surface area contributed by atoms with Crippen LogP contribution in [0.5, 0.6) is 0 Å². The molecule has 0 bridgehead atoms. The fourth-order valence-electron chi connectivity index (χ4n) is 4.03. The largest absolute Gasteiger partial charge is 0.368 e. The molecule has 4 rings (SSSR count). The molecule has 2 aliphatic rings. The topological polar surface area (TPSA) is 96.6 Å². The normalized spacial score (nSPS) is 18.4. The molecule has 2 aliphatic heterocycles. The maximum atomic E-state index is 13.5. The number of thiazole rings is 1. The summed E-state index contributed by atoms with van der Waals surface area (Å²) < 4.78 is 13.5. The van der Waals surface area contributed by atoms with Gasteiger partial charge in [-0.25, -0.2) is 9.37 Å². The second-order valence-electron chi connectivity index (χ2n) is 7.61. The Balaban J connectivity index is 1.36. The highest BCUT2D eigenvalue weighted by Crippen LogP contribution is 2.32. The molecule has 2 aromatic rings. The Bertz CT molecular complexity index is 992. The van der Waals surface area contributed by atoms with Crippen molar-refractivity contribution in [3.8, 4) is 10.6 Å². The molecule has 158 valence electrons. The van der Waals surface area contributed by atoms with Crippen LogP contribution in [0, 0.1) is 5.82 Å². The summed E-state index contributed by atoms with van der Waals surface area (Å²) in [6.07, 6.45) is 2.15. The van der Waals surface area contributed by atoms with Crippen LogP contribution in [0.25, 0.3) is 10.6 Å². The van der Waals surface area contributed by atoms with Crippen LogP contribution < -0.4 is 5.73 Å². The van der Waals surface area contributed by atoms with Crippen LogP contribution in [-0.2, 0) is 27.3 Å². The van der Waals surface area contributed by atoms with Crippen molar-refractivity contribution in [2.45, 2.75) is 44.7 Å². The van der Waals surface area contributed by atoms with Crippen LogP contribution >= 0.6 is 11.3 Å². The molecule has 1 saturated heterocycles. The third kappa shape index (κ3) is 4.21. The van der Waals surface area contributed by atoms with E-state index in [4.69, 9.17) is 5.73 Å². The Labute approximate surface area is 177 Å². The zero-order valence-corrected chi connectivity index (χ0v) is 17.3. The van der Waals surface area contributed by atoms with Crippen LogP contribution in [0.3, 0.4) is 0 Å². The molecule has 0 unspecified atom stereocenters. The minimum atomic E-state index is -0.552. The van der Waals surface area contributed by atoms with Crippen molar-refractivity contribution in [3.05, 3.63) is 40.7 Å². The van der Waals surface area contributed by atoms with E-state index in [9.17, 15) is 18.8 Å². The number of carbonyl (C=O) groups is 3. The van der Waals surface area contributed by atoms with Crippen LogP contribution in [0.4, 0.5) is 4.39 Å². The first kappa shape index (κ1) is 20.5. The van der Waals surface area contributed by atoms with Crippen molar-refractivity contribution in [2.24, 2.45) is 5.73 Å². The van der Waals surface area contributed by atoms with Gasteiger partial charge in [0.15, 0.2) is 0 Å². The molecule has 3 heterocycles. The molecule has 9 heteroatoms. The number of halogens is 1. The molecule has 0 aliphatic carbocycles. The van der Waals surface area contributed by atoms with E-state index in [2.05, 4.69) is 4.98 Å². The van der Waals surface area contributed by atoms with Crippen LogP contribution in [-0.4, -0.2) is 51.6 Å². The number of fused-ring (bicyclic) bond motifs is 1. The Hall–Kier alpha value is -2.81. The number of aromatic nitrogens is 1. The number of nitrogens with zero attached hydrogens (tertiary/aromatic N) is 3. The SMILES string of the molecule is NC(=O)[C@H]1CCCN1C(=O)CCC(=O)N1CCc2nc(-c3cccc(F)c3)sc2C1. The van der Waals surface area contributed by atoms with Crippen LogP contribution in [0.15, 0.2) is 24.3 Å².